The molecule has 6 rings (SSSR count). The van der Waals surface area contributed by atoms with Crippen LogP contribution in [0.2, 0.25) is 0 Å². The first-order valence-corrected chi connectivity index (χ1v) is 12.8. The number of hydrogen-bond donors (Lipinski definition) is 4. The molecule has 4 aromatic rings. The number of aromatic nitrogens is 2. The number of hydrogen-bond acceptors (Lipinski definition) is 7. The number of piperidine rings is 1. The fourth-order valence-corrected chi connectivity index (χ4v) is 5.62. The van der Waals surface area contributed by atoms with Crippen LogP contribution in [0.15, 0.2) is 85.5 Å². The van der Waals surface area contributed by atoms with Crippen molar-refractivity contribution in [2.24, 2.45) is 5.92 Å². The highest BCUT2D eigenvalue weighted by Crippen LogP contribution is 2.42. The second-order valence-corrected chi connectivity index (χ2v) is 9.72. The number of Topliss-reactive ketones (excluding diaryl/α,β-unsaturated/α-hetero) is 1. The fraction of sp³-hybridized carbons (Fsp3) is 0.207. The third kappa shape index (κ3) is 4.23. The van der Waals surface area contributed by atoms with E-state index >= 15 is 0 Å². The summed E-state index contributed by atoms with van der Waals surface area (Å²) in [5, 5.41) is 13.6. The second-order valence-electron chi connectivity index (χ2n) is 9.72. The summed E-state index contributed by atoms with van der Waals surface area (Å²) in [6.07, 6.45) is 6.66. The first-order valence-electron chi connectivity index (χ1n) is 12.8. The van der Waals surface area contributed by atoms with Gasteiger partial charge in [-0.15, -0.1) is 5.53 Å². The molecule has 2 aromatic heterocycles. The van der Waals surface area contributed by atoms with Crippen molar-refractivity contribution in [1.29, 1.82) is 0 Å². The average molecular weight is 527 g/mol. The van der Waals surface area contributed by atoms with E-state index in [1.165, 1.54) is 16.1 Å². The van der Waals surface area contributed by atoms with Crippen molar-refractivity contribution in [1.82, 2.24) is 25.8 Å². The molecule has 198 valence electrons. The fourth-order valence-electron chi connectivity index (χ4n) is 5.62. The number of aromatic amines is 1. The van der Waals surface area contributed by atoms with Crippen LogP contribution in [0.3, 0.4) is 0 Å². The Balaban J connectivity index is 1.23. The monoisotopic (exact) mass is 526 g/mol. The number of hydrazine groups is 2. The molecule has 0 atom stereocenters. The summed E-state index contributed by atoms with van der Waals surface area (Å²) in [5.74, 6) is -2.01. The number of carbonyl (C=O) groups excluding carboxylic acids is 2. The SMILES string of the molecule is O=C(C(=O)N1CCC(C(O)(c2ccccc2)c2ccccc2)CC1)c1c[nH]c2c(N3C=CNN3)ncc(F)c12. The predicted octanol–water partition coefficient (Wildman–Crippen LogP) is 3.36. The molecule has 4 N–H and O–H groups in total. The van der Waals surface area contributed by atoms with E-state index in [0.717, 1.165) is 17.3 Å². The number of aliphatic hydroxyl groups is 1. The minimum Gasteiger partial charge on any atom is -0.380 e. The van der Waals surface area contributed by atoms with E-state index < -0.39 is 23.1 Å². The van der Waals surface area contributed by atoms with Crippen molar-refractivity contribution in [3.63, 3.8) is 0 Å². The van der Waals surface area contributed by atoms with Gasteiger partial charge in [-0.2, -0.15) is 0 Å². The third-order valence-corrected chi connectivity index (χ3v) is 7.60. The number of benzene rings is 2. The van der Waals surface area contributed by atoms with Gasteiger partial charge in [-0.05, 0) is 29.9 Å². The molecule has 2 aromatic carbocycles. The lowest BCUT2D eigenvalue weighted by atomic mass is 9.72. The van der Waals surface area contributed by atoms with Gasteiger partial charge in [0.2, 0.25) is 0 Å². The highest BCUT2D eigenvalue weighted by molar-refractivity contribution is 6.45. The lowest BCUT2D eigenvalue weighted by molar-refractivity contribution is -0.129. The highest BCUT2D eigenvalue weighted by Gasteiger charge is 2.42. The molecule has 2 aliphatic rings. The molecule has 2 aliphatic heterocycles. The molecule has 9 nitrogen and oxygen atoms in total. The molecule has 0 spiro atoms. The van der Waals surface area contributed by atoms with Gasteiger partial charge in [0.15, 0.2) is 11.6 Å². The number of anilines is 1. The summed E-state index contributed by atoms with van der Waals surface area (Å²) in [4.78, 5) is 35.1. The van der Waals surface area contributed by atoms with Crippen LogP contribution in [0.25, 0.3) is 10.9 Å². The predicted molar refractivity (Wildman–Crippen MR) is 143 cm³/mol. The van der Waals surface area contributed by atoms with E-state index in [9.17, 15) is 19.1 Å². The summed E-state index contributed by atoms with van der Waals surface area (Å²) >= 11 is 0. The van der Waals surface area contributed by atoms with Gasteiger partial charge in [0.25, 0.3) is 11.7 Å². The number of pyridine rings is 1. The number of nitrogens with one attached hydrogen (secondary N) is 3. The smallest absolute Gasteiger partial charge is 0.295 e. The van der Waals surface area contributed by atoms with Crippen LogP contribution in [0.1, 0.15) is 34.3 Å². The maximum atomic E-state index is 14.9. The summed E-state index contributed by atoms with van der Waals surface area (Å²) in [7, 11) is 0. The summed E-state index contributed by atoms with van der Waals surface area (Å²) in [5.41, 5.74) is 6.19. The number of fused-ring (bicyclic) bond motifs is 1. The van der Waals surface area contributed by atoms with Crippen LogP contribution < -0.4 is 16.0 Å². The quantitative estimate of drug-likeness (QED) is 0.225. The van der Waals surface area contributed by atoms with Gasteiger partial charge in [0, 0.05) is 31.7 Å². The zero-order valence-corrected chi connectivity index (χ0v) is 21.0. The van der Waals surface area contributed by atoms with Crippen molar-refractivity contribution in [2.75, 3.05) is 18.1 Å². The number of nitrogens with zero attached hydrogens (tertiary/aromatic N) is 3. The Morgan fingerprint density at radius 1 is 1.00 bits per heavy atom. The Kier molecular flexibility index (Phi) is 6.34. The summed E-state index contributed by atoms with van der Waals surface area (Å²) in [6, 6.07) is 19.0. The Morgan fingerprint density at radius 2 is 1.64 bits per heavy atom. The van der Waals surface area contributed by atoms with Gasteiger partial charge < -0.3 is 20.4 Å². The normalized spacial score (nSPS) is 16.1. The maximum absolute atomic E-state index is 14.9. The van der Waals surface area contributed by atoms with Crippen LogP contribution >= 0.6 is 0 Å². The summed E-state index contributed by atoms with van der Waals surface area (Å²) < 4.78 is 14.9. The minimum absolute atomic E-state index is 0.0119. The number of likely N-dealkylation sites (tertiary alicyclic amines) is 1. The molecule has 1 amide bonds. The Morgan fingerprint density at radius 3 is 2.23 bits per heavy atom. The van der Waals surface area contributed by atoms with E-state index in [-0.39, 0.29) is 16.9 Å². The number of amides is 1. The van der Waals surface area contributed by atoms with Crippen LogP contribution in [-0.2, 0) is 10.4 Å². The molecule has 0 radical (unpaired) electrons. The van der Waals surface area contributed by atoms with Gasteiger partial charge in [-0.1, -0.05) is 60.7 Å². The van der Waals surface area contributed by atoms with Gasteiger partial charge in [0.05, 0.1) is 22.7 Å². The van der Waals surface area contributed by atoms with Gasteiger partial charge in [-0.25, -0.2) is 14.4 Å². The highest BCUT2D eigenvalue weighted by atomic mass is 19.1. The van der Waals surface area contributed by atoms with Crippen molar-refractivity contribution >= 4 is 28.4 Å². The van der Waals surface area contributed by atoms with Crippen LogP contribution in [0.4, 0.5) is 10.2 Å². The van der Waals surface area contributed by atoms with E-state index in [2.05, 4.69) is 20.9 Å². The van der Waals surface area contributed by atoms with E-state index in [1.807, 2.05) is 60.7 Å². The number of H-pyrrole nitrogens is 1. The van der Waals surface area contributed by atoms with Crippen LogP contribution in [0.5, 0.6) is 0 Å². The van der Waals surface area contributed by atoms with E-state index in [1.54, 1.807) is 12.4 Å². The van der Waals surface area contributed by atoms with Crippen molar-refractivity contribution < 1.29 is 19.1 Å². The molecule has 39 heavy (non-hydrogen) atoms. The largest absolute Gasteiger partial charge is 0.380 e. The standard InChI is InChI=1S/C29H27FN6O3/c30-23-18-32-27(36-16-13-33-34-36)25-24(23)22(17-31-25)26(37)28(38)35-14-11-21(12-15-35)29(39,19-7-3-1-4-8-19)20-9-5-2-6-10-20/h1-10,13,16-18,21,31,33-34,39H,11-12,14-15H2. The minimum atomic E-state index is -1.24. The molecule has 10 heteroatoms. The molecule has 4 heterocycles. The molecular formula is C29H27FN6O3. The number of rotatable bonds is 6. The zero-order valence-electron chi connectivity index (χ0n) is 21.0. The van der Waals surface area contributed by atoms with Crippen molar-refractivity contribution in [3.05, 3.63) is 108 Å². The lowest BCUT2D eigenvalue weighted by Gasteiger charge is -2.42. The van der Waals surface area contributed by atoms with Gasteiger partial charge in [-0.3, -0.25) is 9.59 Å². The van der Waals surface area contributed by atoms with E-state index in [4.69, 9.17) is 0 Å². The lowest BCUT2D eigenvalue weighted by Crippen LogP contribution is -2.47. The number of carbonyl (C=O) groups is 2. The summed E-state index contributed by atoms with van der Waals surface area (Å²) in [6.45, 7) is 0.589. The van der Waals surface area contributed by atoms with E-state index in [0.29, 0.717) is 37.3 Å². The van der Waals surface area contributed by atoms with Crippen LogP contribution in [-0.4, -0.2) is 44.8 Å². The number of halogens is 1. The van der Waals surface area contributed by atoms with Crippen molar-refractivity contribution in [3.8, 4) is 0 Å². The molecule has 0 aliphatic carbocycles. The topological polar surface area (TPSA) is 114 Å². The molecule has 1 saturated heterocycles. The van der Waals surface area contributed by atoms with Crippen LogP contribution in [0, 0.1) is 11.7 Å². The Bertz CT molecular complexity index is 1510. The molecule has 0 bridgehead atoms. The zero-order chi connectivity index (χ0) is 27.0. The molecular weight excluding hydrogens is 499 g/mol. The first-order chi connectivity index (χ1) is 19.0. The first kappa shape index (κ1) is 24.8. The molecule has 0 unspecified atom stereocenters. The average Bonchev–Trinajstić information content (AvgIpc) is 3.69. The Hall–Kier alpha value is -4.54. The van der Waals surface area contributed by atoms with Crippen molar-refractivity contribution in [2.45, 2.75) is 18.4 Å². The second kappa shape index (κ2) is 9.97. The maximum Gasteiger partial charge on any atom is 0.295 e. The third-order valence-electron chi connectivity index (χ3n) is 7.60. The van der Waals surface area contributed by atoms with Gasteiger partial charge in [0.1, 0.15) is 5.60 Å². The van der Waals surface area contributed by atoms with Gasteiger partial charge >= 0.3 is 0 Å². The molecule has 0 saturated carbocycles. The Labute approximate surface area is 223 Å². The number of ketones is 1. The molecule has 1 fully saturated rings.